The highest BCUT2D eigenvalue weighted by atomic mass is 79.9. The molecule has 0 saturated heterocycles. The first-order valence-electron chi connectivity index (χ1n) is 6.84. The summed E-state index contributed by atoms with van der Waals surface area (Å²) in [4.78, 5) is 0. The van der Waals surface area contributed by atoms with Crippen molar-refractivity contribution in [3.8, 4) is 0 Å². The van der Waals surface area contributed by atoms with Crippen LogP contribution in [0, 0.1) is 6.92 Å². The summed E-state index contributed by atoms with van der Waals surface area (Å²) in [7, 11) is 0. The molecule has 2 rings (SSSR count). The zero-order chi connectivity index (χ0) is 14.5. The van der Waals surface area contributed by atoms with Gasteiger partial charge in [0.05, 0.1) is 0 Å². The van der Waals surface area contributed by atoms with Crippen LogP contribution < -0.4 is 5.32 Å². The van der Waals surface area contributed by atoms with Crippen LogP contribution in [-0.2, 0) is 6.42 Å². The molecule has 0 fully saturated rings. The van der Waals surface area contributed by atoms with E-state index in [2.05, 4.69) is 59.4 Å². The topological polar surface area (TPSA) is 12.0 Å². The molecule has 1 atom stereocenters. The minimum absolute atomic E-state index is 0.302. The zero-order valence-corrected chi connectivity index (χ0v) is 14.1. The van der Waals surface area contributed by atoms with Gasteiger partial charge in [0, 0.05) is 15.5 Å². The number of hydrogen-bond donors (Lipinski definition) is 1. The average molecular weight is 353 g/mol. The van der Waals surface area contributed by atoms with Crippen molar-refractivity contribution in [1.82, 2.24) is 5.32 Å². The van der Waals surface area contributed by atoms with Crippen molar-refractivity contribution >= 4 is 27.5 Å². The Bertz CT molecular complexity index is 583. The maximum atomic E-state index is 6.08. The van der Waals surface area contributed by atoms with Gasteiger partial charge in [0.2, 0.25) is 0 Å². The van der Waals surface area contributed by atoms with Crippen molar-refractivity contribution < 1.29 is 0 Å². The number of hydrogen-bond acceptors (Lipinski definition) is 1. The molecule has 2 aromatic carbocycles. The van der Waals surface area contributed by atoms with Crippen molar-refractivity contribution in [1.29, 1.82) is 0 Å². The van der Waals surface area contributed by atoms with Crippen LogP contribution in [0.1, 0.15) is 29.7 Å². The summed E-state index contributed by atoms with van der Waals surface area (Å²) < 4.78 is 1.12. The lowest BCUT2D eigenvalue weighted by Gasteiger charge is -2.21. The van der Waals surface area contributed by atoms with Gasteiger partial charge in [-0.1, -0.05) is 52.7 Å². The van der Waals surface area contributed by atoms with E-state index in [0.717, 1.165) is 22.5 Å². The molecule has 1 nitrogen and oxygen atoms in total. The average Bonchev–Trinajstić information content (AvgIpc) is 2.41. The summed E-state index contributed by atoms with van der Waals surface area (Å²) in [5.74, 6) is 0. The Hall–Kier alpha value is -0.830. The van der Waals surface area contributed by atoms with Gasteiger partial charge in [-0.05, 0) is 60.8 Å². The van der Waals surface area contributed by atoms with E-state index in [0.29, 0.717) is 6.04 Å². The summed E-state index contributed by atoms with van der Waals surface area (Å²) in [5.41, 5.74) is 3.89. The highest BCUT2D eigenvalue weighted by Crippen LogP contribution is 2.26. The minimum atomic E-state index is 0.302. The van der Waals surface area contributed by atoms with Crippen LogP contribution in [0.3, 0.4) is 0 Å². The third-order valence-electron chi connectivity index (χ3n) is 3.40. The van der Waals surface area contributed by atoms with Crippen LogP contribution in [0.15, 0.2) is 46.9 Å². The molecule has 0 aromatic heterocycles. The van der Waals surface area contributed by atoms with Gasteiger partial charge in [0.15, 0.2) is 0 Å². The van der Waals surface area contributed by atoms with Crippen molar-refractivity contribution in [2.24, 2.45) is 0 Å². The van der Waals surface area contributed by atoms with E-state index in [-0.39, 0.29) is 0 Å². The van der Waals surface area contributed by atoms with Gasteiger partial charge in [0.1, 0.15) is 0 Å². The molecule has 20 heavy (non-hydrogen) atoms. The maximum absolute atomic E-state index is 6.08. The van der Waals surface area contributed by atoms with Crippen molar-refractivity contribution in [3.63, 3.8) is 0 Å². The molecule has 0 spiro atoms. The zero-order valence-electron chi connectivity index (χ0n) is 11.8. The lowest BCUT2D eigenvalue weighted by molar-refractivity contribution is 0.547. The van der Waals surface area contributed by atoms with Gasteiger partial charge in [-0.2, -0.15) is 0 Å². The number of rotatable bonds is 5. The summed E-state index contributed by atoms with van der Waals surface area (Å²) in [5, 5.41) is 4.37. The van der Waals surface area contributed by atoms with Gasteiger partial charge in [-0.3, -0.25) is 0 Å². The number of halogens is 2. The Morgan fingerprint density at radius 1 is 1.20 bits per heavy atom. The van der Waals surface area contributed by atoms with Gasteiger partial charge >= 0.3 is 0 Å². The molecule has 1 unspecified atom stereocenters. The molecule has 0 amide bonds. The molecule has 0 aliphatic carbocycles. The number of benzene rings is 2. The van der Waals surface area contributed by atoms with E-state index < -0.39 is 0 Å². The Kier molecular flexibility index (Phi) is 5.64. The van der Waals surface area contributed by atoms with Gasteiger partial charge in [0.25, 0.3) is 0 Å². The van der Waals surface area contributed by atoms with E-state index in [1.165, 1.54) is 16.7 Å². The molecule has 0 aliphatic rings. The van der Waals surface area contributed by atoms with Crippen molar-refractivity contribution in [2.75, 3.05) is 6.54 Å². The predicted octanol–water partition coefficient (Wildman–Crippen LogP) is 5.30. The lowest BCUT2D eigenvalue weighted by Crippen LogP contribution is -2.23. The Balaban J connectivity index is 2.29. The molecular weight excluding hydrogens is 334 g/mol. The van der Waals surface area contributed by atoms with Crippen LogP contribution in [0.25, 0.3) is 0 Å². The fourth-order valence-electron chi connectivity index (χ4n) is 2.42. The summed E-state index contributed by atoms with van der Waals surface area (Å²) >= 11 is 9.64. The van der Waals surface area contributed by atoms with Crippen LogP contribution in [0.2, 0.25) is 5.02 Å². The highest BCUT2D eigenvalue weighted by Gasteiger charge is 2.14. The number of aryl methyl sites for hydroxylation is 1. The Morgan fingerprint density at radius 3 is 2.70 bits per heavy atom. The smallest absolute Gasteiger partial charge is 0.0408 e. The van der Waals surface area contributed by atoms with Crippen molar-refractivity contribution in [3.05, 3.63) is 68.7 Å². The Labute approximate surface area is 134 Å². The van der Waals surface area contributed by atoms with E-state index in [4.69, 9.17) is 11.6 Å². The molecular formula is C17H19BrClN. The van der Waals surface area contributed by atoms with E-state index in [1.54, 1.807) is 0 Å². The molecule has 0 aliphatic heterocycles. The lowest BCUT2D eigenvalue weighted by atomic mass is 9.95. The quantitative estimate of drug-likeness (QED) is 0.769. The molecule has 1 N–H and O–H groups in total. The molecule has 0 radical (unpaired) electrons. The fraction of sp³-hybridized carbons (Fsp3) is 0.294. The third-order valence-corrected chi connectivity index (χ3v) is 4.12. The number of likely N-dealkylation sites (N-methyl/N-ethyl adjacent to an activating group) is 1. The van der Waals surface area contributed by atoms with Crippen LogP contribution in [0.4, 0.5) is 0 Å². The summed E-state index contributed by atoms with van der Waals surface area (Å²) in [6, 6.07) is 14.8. The summed E-state index contributed by atoms with van der Waals surface area (Å²) in [6.07, 6.45) is 0.936. The summed E-state index contributed by atoms with van der Waals surface area (Å²) in [6.45, 7) is 5.24. The number of nitrogens with one attached hydrogen (secondary N) is 1. The van der Waals surface area contributed by atoms with Crippen LogP contribution in [-0.4, -0.2) is 6.54 Å². The third kappa shape index (κ3) is 4.08. The van der Waals surface area contributed by atoms with Gasteiger partial charge in [-0.15, -0.1) is 0 Å². The van der Waals surface area contributed by atoms with Gasteiger partial charge in [-0.25, -0.2) is 0 Å². The standard InChI is InChI=1S/C17H19BrClN/c1-3-20-17(10-13-5-4-6-15(19)9-13)16-11-14(18)8-7-12(16)2/h4-9,11,17,20H,3,10H2,1-2H3. The predicted molar refractivity (Wildman–Crippen MR) is 90.5 cm³/mol. The second-order valence-electron chi connectivity index (χ2n) is 4.95. The fourth-order valence-corrected chi connectivity index (χ4v) is 3.02. The normalized spacial score (nSPS) is 12.4. The highest BCUT2D eigenvalue weighted by molar-refractivity contribution is 9.10. The van der Waals surface area contributed by atoms with E-state index in [1.807, 2.05) is 18.2 Å². The second kappa shape index (κ2) is 7.26. The first kappa shape index (κ1) is 15.6. The van der Waals surface area contributed by atoms with E-state index >= 15 is 0 Å². The molecule has 3 heteroatoms. The minimum Gasteiger partial charge on any atom is -0.310 e. The molecule has 0 heterocycles. The Morgan fingerprint density at radius 2 is 2.00 bits per heavy atom. The van der Waals surface area contributed by atoms with Crippen LogP contribution >= 0.6 is 27.5 Å². The second-order valence-corrected chi connectivity index (χ2v) is 6.30. The largest absolute Gasteiger partial charge is 0.310 e. The maximum Gasteiger partial charge on any atom is 0.0408 e. The van der Waals surface area contributed by atoms with Crippen LogP contribution in [0.5, 0.6) is 0 Å². The first-order chi connectivity index (χ1) is 9.60. The monoisotopic (exact) mass is 351 g/mol. The van der Waals surface area contributed by atoms with E-state index in [9.17, 15) is 0 Å². The molecule has 106 valence electrons. The molecule has 2 aromatic rings. The van der Waals surface area contributed by atoms with Crippen molar-refractivity contribution in [2.45, 2.75) is 26.3 Å². The molecule has 0 bridgehead atoms. The first-order valence-corrected chi connectivity index (χ1v) is 8.01. The molecule has 0 saturated carbocycles. The van der Waals surface area contributed by atoms with Gasteiger partial charge < -0.3 is 5.32 Å². The SMILES string of the molecule is CCNC(Cc1cccc(Cl)c1)c1cc(Br)ccc1C.